The maximum Gasteiger partial charge on any atom is 0.271 e. The van der Waals surface area contributed by atoms with Crippen LogP contribution in [0.2, 0.25) is 0 Å². The van der Waals surface area contributed by atoms with Gasteiger partial charge in [-0.05, 0) is 43.6 Å². The summed E-state index contributed by atoms with van der Waals surface area (Å²) in [4.78, 5) is 10.2. The summed E-state index contributed by atoms with van der Waals surface area (Å²) in [7, 11) is 0. The second kappa shape index (κ2) is 4.15. The SMILES string of the molecule is Nc1cc([N+](=O)[O-])ccc1NC(C1CC1)C1CC1. The normalized spacial score (nSPS) is 18.9. The molecule has 1 aromatic carbocycles. The number of non-ortho nitro benzene ring substituents is 1. The lowest BCUT2D eigenvalue weighted by Gasteiger charge is -2.20. The zero-order valence-electron chi connectivity index (χ0n) is 10.1. The van der Waals surface area contributed by atoms with E-state index >= 15 is 0 Å². The van der Waals surface area contributed by atoms with Crippen molar-refractivity contribution in [1.82, 2.24) is 0 Å². The molecule has 5 nitrogen and oxygen atoms in total. The lowest BCUT2D eigenvalue weighted by molar-refractivity contribution is -0.384. The average Bonchev–Trinajstić information content (AvgIpc) is 3.19. The summed E-state index contributed by atoms with van der Waals surface area (Å²) in [6, 6.07) is 5.17. The van der Waals surface area contributed by atoms with Crippen LogP contribution in [0.1, 0.15) is 25.7 Å². The third-order valence-electron chi connectivity index (χ3n) is 3.83. The first-order valence-electron chi connectivity index (χ1n) is 6.45. The predicted molar refractivity (Wildman–Crippen MR) is 70.4 cm³/mol. The highest BCUT2D eigenvalue weighted by atomic mass is 16.6. The number of hydrogen-bond donors (Lipinski definition) is 2. The van der Waals surface area contributed by atoms with Gasteiger partial charge in [-0.3, -0.25) is 10.1 Å². The maximum atomic E-state index is 10.7. The van der Waals surface area contributed by atoms with Gasteiger partial charge >= 0.3 is 0 Å². The molecule has 1 aromatic rings. The van der Waals surface area contributed by atoms with Crippen LogP contribution in [0.25, 0.3) is 0 Å². The highest BCUT2D eigenvalue weighted by Crippen LogP contribution is 2.46. The fourth-order valence-corrected chi connectivity index (χ4v) is 2.51. The van der Waals surface area contributed by atoms with Crippen LogP contribution in [0.15, 0.2) is 18.2 Å². The van der Waals surface area contributed by atoms with E-state index in [1.807, 2.05) is 0 Å². The van der Waals surface area contributed by atoms with E-state index in [2.05, 4.69) is 5.32 Å². The average molecular weight is 247 g/mol. The Kier molecular flexibility index (Phi) is 2.61. The highest BCUT2D eigenvalue weighted by molar-refractivity contribution is 5.69. The Morgan fingerprint density at radius 2 is 1.89 bits per heavy atom. The van der Waals surface area contributed by atoms with E-state index in [9.17, 15) is 10.1 Å². The molecule has 0 saturated heterocycles. The molecule has 0 spiro atoms. The van der Waals surface area contributed by atoms with Crippen LogP contribution < -0.4 is 11.1 Å². The van der Waals surface area contributed by atoms with Crippen molar-refractivity contribution >= 4 is 17.1 Å². The summed E-state index contributed by atoms with van der Waals surface area (Å²) in [6.45, 7) is 0. The van der Waals surface area contributed by atoms with Crippen molar-refractivity contribution in [2.45, 2.75) is 31.7 Å². The molecule has 96 valence electrons. The lowest BCUT2D eigenvalue weighted by atomic mass is 10.1. The molecular formula is C13H17N3O2. The van der Waals surface area contributed by atoms with Gasteiger partial charge in [-0.1, -0.05) is 0 Å². The second-order valence-electron chi connectivity index (χ2n) is 5.37. The smallest absolute Gasteiger partial charge is 0.271 e. The quantitative estimate of drug-likeness (QED) is 0.476. The van der Waals surface area contributed by atoms with Gasteiger partial charge in [0.05, 0.1) is 16.3 Å². The summed E-state index contributed by atoms with van der Waals surface area (Å²) in [5.74, 6) is 1.54. The van der Waals surface area contributed by atoms with Gasteiger partial charge in [-0.25, -0.2) is 0 Å². The van der Waals surface area contributed by atoms with E-state index in [0.717, 1.165) is 17.5 Å². The van der Waals surface area contributed by atoms with Crippen molar-refractivity contribution in [3.05, 3.63) is 28.3 Å². The topological polar surface area (TPSA) is 81.2 Å². The first-order valence-corrected chi connectivity index (χ1v) is 6.45. The molecule has 2 saturated carbocycles. The third kappa shape index (κ3) is 2.25. The molecule has 2 fully saturated rings. The van der Waals surface area contributed by atoms with Crippen molar-refractivity contribution in [3.8, 4) is 0 Å². The van der Waals surface area contributed by atoms with E-state index < -0.39 is 4.92 Å². The monoisotopic (exact) mass is 247 g/mol. The largest absolute Gasteiger partial charge is 0.397 e. The Balaban J connectivity index is 1.77. The number of anilines is 2. The second-order valence-corrected chi connectivity index (χ2v) is 5.37. The van der Waals surface area contributed by atoms with Crippen molar-refractivity contribution in [1.29, 1.82) is 0 Å². The van der Waals surface area contributed by atoms with Gasteiger partial charge in [0.1, 0.15) is 0 Å². The molecule has 3 N–H and O–H groups in total. The molecular weight excluding hydrogens is 230 g/mol. The molecule has 3 rings (SSSR count). The number of benzene rings is 1. The van der Waals surface area contributed by atoms with Gasteiger partial charge in [0.15, 0.2) is 0 Å². The van der Waals surface area contributed by atoms with Crippen LogP contribution in [-0.2, 0) is 0 Å². The summed E-state index contributed by atoms with van der Waals surface area (Å²) in [5.41, 5.74) is 7.24. The number of rotatable bonds is 5. The van der Waals surface area contributed by atoms with Gasteiger partial charge < -0.3 is 11.1 Å². The molecule has 0 aliphatic heterocycles. The number of nitrogen functional groups attached to an aromatic ring is 1. The number of nitro groups is 1. The first-order chi connectivity index (χ1) is 8.65. The molecule has 0 heterocycles. The van der Waals surface area contributed by atoms with Gasteiger partial charge in [-0.15, -0.1) is 0 Å². The Labute approximate surface area is 106 Å². The lowest BCUT2D eigenvalue weighted by Crippen LogP contribution is -2.24. The molecule has 2 aliphatic rings. The van der Waals surface area contributed by atoms with Gasteiger partial charge in [0, 0.05) is 18.2 Å². The number of nitrogens with zero attached hydrogens (tertiary/aromatic N) is 1. The van der Waals surface area contributed by atoms with Gasteiger partial charge in [0.25, 0.3) is 5.69 Å². The highest BCUT2D eigenvalue weighted by Gasteiger charge is 2.41. The Bertz CT molecular complexity index is 469. The van der Waals surface area contributed by atoms with Crippen LogP contribution in [-0.4, -0.2) is 11.0 Å². The molecule has 18 heavy (non-hydrogen) atoms. The molecule has 5 heteroatoms. The van der Waals surface area contributed by atoms with Crippen LogP contribution in [0.5, 0.6) is 0 Å². The molecule has 2 aliphatic carbocycles. The minimum atomic E-state index is -0.417. The number of nitrogens with one attached hydrogen (secondary N) is 1. The molecule has 0 aromatic heterocycles. The van der Waals surface area contributed by atoms with Crippen LogP contribution in [0.4, 0.5) is 17.1 Å². The Morgan fingerprint density at radius 1 is 1.28 bits per heavy atom. The third-order valence-corrected chi connectivity index (χ3v) is 3.83. The molecule has 0 bridgehead atoms. The van der Waals surface area contributed by atoms with Gasteiger partial charge in [-0.2, -0.15) is 0 Å². The molecule has 0 amide bonds. The van der Waals surface area contributed by atoms with Crippen molar-refractivity contribution < 1.29 is 4.92 Å². The van der Waals surface area contributed by atoms with Crippen LogP contribution in [0, 0.1) is 22.0 Å². The summed E-state index contributed by atoms with van der Waals surface area (Å²) < 4.78 is 0. The fraction of sp³-hybridized carbons (Fsp3) is 0.538. The summed E-state index contributed by atoms with van der Waals surface area (Å²) in [5, 5.41) is 14.1. The Hall–Kier alpha value is -1.78. The zero-order valence-corrected chi connectivity index (χ0v) is 10.1. The van der Waals surface area contributed by atoms with Crippen molar-refractivity contribution in [2.24, 2.45) is 11.8 Å². The van der Waals surface area contributed by atoms with E-state index in [4.69, 9.17) is 5.73 Å². The molecule has 0 atom stereocenters. The minimum absolute atomic E-state index is 0.0486. The van der Waals surface area contributed by atoms with Gasteiger partial charge in [0.2, 0.25) is 0 Å². The van der Waals surface area contributed by atoms with Crippen molar-refractivity contribution in [2.75, 3.05) is 11.1 Å². The van der Waals surface area contributed by atoms with E-state index in [1.165, 1.54) is 37.8 Å². The predicted octanol–water partition coefficient (Wildman–Crippen LogP) is 2.78. The summed E-state index contributed by atoms with van der Waals surface area (Å²) >= 11 is 0. The summed E-state index contributed by atoms with van der Waals surface area (Å²) in [6.07, 6.45) is 5.17. The zero-order chi connectivity index (χ0) is 12.7. The van der Waals surface area contributed by atoms with Crippen LogP contribution >= 0.6 is 0 Å². The van der Waals surface area contributed by atoms with E-state index in [-0.39, 0.29) is 5.69 Å². The first kappa shape index (κ1) is 11.3. The molecule has 0 unspecified atom stereocenters. The maximum absolute atomic E-state index is 10.7. The van der Waals surface area contributed by atoms with E-state index in [0.29, 0.717) is 11.7 Å². The van der Waals surface area contributed by atoms with Crippen LogP contribution in [0.3, 0.4) is 0 Å². The minimum Gasteiger partial charge on any atom is -0.397 e. The number of hydrogen-bond acceptors (Lipinski definition) is 4. The number of nitrogens with two attached hydrogens (primary N) is 1. The molecule has 0 radical (unpaired) electrons. The standard InChI is InChI=1S/C13H17N3O2/c14-11-7-10(16(17)18)5-6-12(11)15-13(8-1-2-8)9-3-4-9/h5-9,13,15H,1-4,14H2. The fourth-order valence-electron chi connectivity index (χ4n) is 2.51. The number of nitro benzene ring substituents is 1. The van der Waals surface area contributed by atoms with E-state index in [1.54, 1.807) is 6.07 Å². The Morgan fingerprint density at radius 3 is 2.33 bits per heavy atom. The van der Waals surface area contributed by atoms with Crippen molar-refractivity contribution in [3.63, 3.8) is 0 Å².